The Balaban J connectivity index is 1.99. The predicted molar refractivity (Wildman–Crippen MR) is 58.8 cm³/mol. The lowest BCUT2D eigenvalue weighted by molar-refractivity contribution is -0.125. The van der Waals surface area contributed by atoms with Gasteiger partial charge in [-0.1, -0.05) is 0 Å². The fourth-order valence-electron chi connectivity index (χ4n) is 1.60. The maximum atomic E-state index is 12.7. The Morgan fingerprint density at radius 1 is 1.39 bits per heavy atom. The minimum absolute atomic E-state index is 0.0774. The van der Waals surface area contributed by atoms with Gasteiger partial charge in [-0.3, -0.25) is 0 Å². The molecule has 2 rings (SSSR count). The van der Waals surface area contributed by atoms with Crippen LogP contribution in [0.2, 0.25) is 0 Å². The van der Waals surface area contributed by atoms with Crippen molar-refractivity contribution in [1.82, 2.24) is 15.3 Å². The van der Waals surface area contributed by atoms with Crippen LogP contribution in [0.3, 0.4) is 0 Å². The van der Waals surface area contributed by atoms with Crippen molar-refractivity contribution in [3.8, 4) is 0 Å². The molecule has 7 heteroatoms. The molecule has 0 aliphatic carbocycles. The van der Waals surface area contributed by atoms with Gasteiger partial charge >= 0.3 is 12.3 Å². The largest absolute Gasteiger partial charge is 0.346 e. The predicted octanol–water partition coefficient (Wildman–Crippen LogP) is 2.55. The standard InChI is InChI=1S/C11H11F4N3/c12-10(13)11(14,15)6-16-4-7-5-18-9-8(7)2-1-3-17-9/h1-3,5,10,16H,4,6H2,(H,17,18). The maximum absolute atomic E-state index is 12.7. The third-order valence-corrected chi connectivity index (χ3v) is 2.53. The van der Waals surface area contributed by atoms with Gasteiger partial charge in [-0.2, -0.15) is 8.78 Å². The number of aromatic amines is 1. The molecule has 18 heavy (non-hydrogen) atoms. The molecule has 0 atom stereocenters. The van der Waals surface area contributed by atoms with Crippen LogP contribution in [-0.2, 0) is 6.54 Å². The highest BCUT2D eigenvalue weighted by atomic mass is 19.3. The molecule has 0 aliphatic heterocycles. The van der Waals surface area contributed by atoms with Gasteiger partial charge in [0.1, 0.15) is 5.65 Å². The van der Waals surface area contributed by atoms with Crippen LogP contribution in [0.1, 0.15) is 5.56 Å². The van der Waals surface area contributed by atoms with E-state index in [0.717, 1.165) is 5.39 Å². The summed E-state index contributed by atoms with van der Waals surface area (Å²) in [4.78, 5) is 6.91. The maximum Gasteiger partial charge on any atom is 0.319 e. The molecule has 0 spiro atoms. The van der Waals surface area contributed by atoms with Gasteiger partial charge in [0.25, 0.3) is 0 Å². The summed E-state index contributed by atoms with van der Waals surface area (Å²) in [5.74, 6) is -4.01. The van der Waals surface area contributed by atoms with E-state index >= 15 is 0 Å². The number of rotatable bonds is 5. The van der Waals surface area contributed by atoms with Crippen molar-refractivity contribution in [3.63, 3.8) is 0 Å². The molecule has 0 aromatic carbocycles. The number of pyridine rings is 1. The van der Waals surface area contributed by atoms with Crippen molar-refractivity contribution in [2.24, 2.45) is 0 Å². The number of aromatic nitrogens is 2. The Bertz CT molecular complexity index is 524. The van der Waals surface area contributed by atoms with Crippen LogP contribution in [0.4, 0.5) is 17.6 Å². The average Bonchev–Trinajstić information content (AvgIpc) is 2.72. The highest BCUT2D eigenvalue weighted by molar-refractivity contribution is 5.79. The smallest absolute Gasteiger partial charge is 0.319 e. The van der Waals surface area contributed by atoms with Crippen molar-refractivity contribution < 1.29 is 17.6 Å². The van der Waals surface area contributed by atoms with E-state index in [1.807, 2.05) is 0 Å². The minimum Gasteiger partial charge on any atom is -0.346 e. The Hall–Kier alpha value is -1.63. The average molecular weight is 261 g/mol. The van der Waals surface area contributed by atoms with Crippen LogP contribution >= 0.6 is 0 Å². The highest BCUT2D eigenvalue weighted by Gasteiger charge is 2.39. The van der Waals surface area contributed by atoms with E-state index in [1.165, 1.54) is 0 Å². The lowest BCUT2D eigenvalue weighted by Gasteiger charge is -2.15. The fourth-order valence-corrected chi connectivity index (χ4v) is 1.60. The van der Waals surface area contributed by atoms with Gasteiger partial charge in [0.2, 0.25) is 0 Å². The lowest BCUT2D eigenvalue weighted by atomic mass is 10.2. The van der Waals surface area contributed by atoms with Crippen molar-refractivity contribution in [2.45, 2.75) is 18.9 Å². The molecule has 2 heterocycles. The van der Waals surface area contributed by atoms with Crippen LogP contribution < -0.4 is 5.32 Å². The first-order valence-electron chi connectivity index (χ1n) is 5.28. The molecular formula is C11H11F4N3. The second-order valence-corrected chi connectivity index (χ2v) is 3.88. The monoisotopic (exact) mass is 261 g/mol. The van der Waals surface area contributed by atoms with Crippen molar-refractivity contribution in [1.29, 1.82) is 0 Å². The fraction of sp³-hybridized carbons (Fsp3) is 0.364. The van der Waals surface area contributed by atoms with Gasteiger partial charge in [-0.25, -0.2) is 13.8 Å². The first-order valence-corrected chi connectivity index (χ1v) is 5.28. The van der Waals surface area contributed by atoms with Gasteiger partial charge in [-0.15, -0.1) is 0 Å². The van der Waals surface area contributed by atoms with E-state index in [0.29, 0.717) is 11.2 Å². The second kappa shape index (κ2) is 4.93. The molecule has 3 nitrogen and oxygen atoms in total. The minimum atomic E-state index is -4.01. The number of fused-ring (bicyclic) bond motifs is 1. The normalized spacial score (nSPS) is 12.5. The van der Waals surface area contributed by atoms with Crippen molar-refractivity contribution >= 4 is 11.0 Å². The molecule has 2 aromatic rings. The van der Waals surface area contributed by atoms with Crippen molar-refractivity contribution in [2.75, 3.05) is 6.54 Å². The summed E-state index contributed by atoms with van der Waals surface area (Å²) in [6, 6.07) is 3.49. The third-order valence-electron chi connectivity index (χ3n) is 2.53. The molecule has 2 N–H and O–H groups in total. The summed E-state index contributed by atoms with van der Waals surface area (Å²) < 4.78 is 49.2. The zero-order valence-corrected chi connectivity index (χ0v) is 9.26. The Morgan fingerprint density at radius 3 is 2.89 bits per heavy atom. The first kappa shape index (κ1) is 12.8. The number of hydrogen-bond donors (Lipinski definition) is 2. The molecule has 0 saturated heterocycles. The van der Waals surface area contributed by atoms with E-state index in [4.69, 9.17) is 0 Å². The van der Waals surface area contributed by atoms with Crippen LogP contribution in [0.25, 0.3) is 11.0 Å². The van der Waals surface area contributed by atoms with Crippen LogP contribution in [0.15, 0.2) is 24.5 Å². The summed E-state index contributed by atoms with van der Waals surface area (Å²) in [5, 5.41) is 3.11. The number of nitrogens with zero attached hydrogens (tertiary/aromatic N) is 1. The molecule has 0 radical (unpaired) electrons. The first-order chi connectivity index (χ1) is 8.50. The van der Waals surface area contributed by atoms with E-state index in [-0.39, 0.29) is 6.54 Å². The summed E-state index contributed by atoms with van der Waals surface area (Å²) in [6.07, 6.45) is -0.443. The summed E-state index contributed by atoms with van der Waals surface area (Å²) in [5.41, 5.74) is 1.35. The molecule has 0 fully saturated rings. The molecule has 0 amide bonds. The molecule has 0 bridgehead atoms. The van der Waals surface area contributed by atoms with Crippen LogP contribution in [0.5, 0.6) is 0 Å². The number of halogens is 4. The Labute approximate surface area is 100 Å². The zero-order chi connectivity index (χ0) is 13.2. The van der Waals surface area contributed by atoms with Crippen LogP contribution in [-0.4, -0.2) is 28.9 Å². The highest BCUT2D eigenvalue weighted by Crippen LogP contribution is 2.22. The van der Waals surface area contributed by atoms with Gasteiger partial charge < -0.3 is 10.3 Å². The topological polar surface area (TPSA) is 40.7 Å². The van der Waals surface area contributed by atoms with E-state index < -0.39 is 18.9 Å². The number of nitrogens with one attached hydrogen (secondary N) is 2. The molecular weight excluding hydrogens is 250 g/mol. The Kier molecular flexibility index (Phi) is 3.51. The number of hydrogen-bond acceptors (Lipinski definition) is 2. The van der Waals surface area contributed by atoms with E-state index in [1.54, 1.807) is 24.5 Å². The summed E-state index contributed by atoms with van der Waals surface area (Å²) >= 11 is 0. The Morgan fingerprint density at radius 2 is 2.17 bits per heavy atom. The van der Waals surface area contributed by atoms with Crippen molar-refractivity contribution in [3.05, 3.63) is 30.1 Å². The molecule has 0 unspecified atom stereocenters. The number of H-pyrrole nitrogens is 1. The molecule has 98 valence electrons. The van der Waals surface area contributed by atoms with Gasteiger partial charge in [0, 0.05) is 24.3 Å². The number of alkyl halides is 4. The third kappa shape index (κ3) is 2.61. The zero-order valence-electron chi connectivity index (χ0n) is 9.26. The van der Waals surface area contributed by atoms with Gasteiger partial charge in [-0.05, 0) is 17.7 Å². The molecule has 2 aromatic heterocycles. The second-order valence-electron chi connectivity index (χ2n) is 3.88. The quantitative estimate of drug-likeness (QED) is 0.812. The van der Waals surface area contributed by atoms with E-state index in [9.17, 15) is 17.6 Å². The van der Waals surface area contributed by atoms with Gasteiger partial charge in [0.05, 0.1) is 6.54 Å². The summed E-state index contributed by atoms with van der Waals surface area (Å²) in [7, 11) is 0. The van der Waals surface area contributed by atoms with Crippen LogP contribution in [0, 0.1) is 0 Å². The van der Waals surface area contributed by atoms with E-state index in [2.05, 4.69) is 15.3 Å². The lowest BCUT2D eigenvalue weighted by Crippen LogP contribution is -2.38. The summed E-state index contributed by atoms with van der Waals surface area (Å²) in [6.45, 7) is -0.981. The van der Waals surface area contributed by atoms with Gasteiger partial charge in [0.15, 0.2) is 0 Å². The molecule has 0 saturated carbocycles. The SMILES string of the molecule is FC(F)C(F)(F)CNCc1c[nH]c2ncccc12. The molecule has 0 aliphatic rings.